The standard InChI is InChI=1S/C66H121NO8/c1-3-5-7-9-11-13-15-17-19-21-23-25-27-28-29-30-31-32-34-36-38-40-42-44-46-48-50-52-54-56-62(70)67-59(58-74-66-65(73)64(72)63(71)61(57-68)75-66)60(69)55-53-51-49-47-45-43-41-39-37-35-33-26-24-22-20-18-16-14-12-10-8-6-4-2/h15,17,21,23,37,39,45,47,53,55,59-61,63-66,68-69,71-73H,3-14,16,18-20,22,24-36,38,40-44,46,48-52,54,56-58H2,1-2H3,(H,67,70)/b17-15-,23-21-,39-37+,47-45+,55-53+. The third kappa shape index (κ3) is 44.4. The van der Waals surface area contributed by atoms with E-state index in [1.165, 1.54) is 225 Å². The molecule has 1 aliphatic heterocycles. The summed E-state index contributed by atoms with van der Waals surface area (Å²) >= 11 is 0. The normalized spacial score (nSPS) is 19.3. The second kappa shape index (κ2) is 55.2. The molecule has 0 aromatic heterocycles. The minimum absolute atomic E-state index is 0.188. The number of amides is 1. The number of rotatable bonds is 55. The molecule has 0 aliphatic carbocycles. The largest absolute Gasteiger partial charge is 0.394 e. The highest BCUT2D eigenvalue weighted by Gasteiger charge is 2.44. The van der Waals surface area contributed by atoms with Crippen LogP contribution < -0.4 is 5.32 Å². The van der Waals surface area contributed by atoms with Gasteiger partial charge in [-0.3, -0.25) is 4.79 Å². The molecule has 0 saturated carbocycles. The van der Waals surface area contributed by atoms with Crippen molar-refractivity contribution < 1.29 is 39.8 Å². The van der Waals surface area contributed by atoms with Gasteiger partial charge in [0.15, 0.2) is 6.29 Å². The van der Waals surface area contributed by atoms with Crippen LogP contribution in [0.5, 0.6) is 0 Å². The molecule has 0 spiro atoms. The van der Waals surface area contributed by atoms with Gasteiger partial charge in [0.2, 0.25) is 5.91 Å². The number of nitrogens with one attached hydrogen (secondary N) is 1. The van der Waals surface area contributed by atoms with Crippen LogP contribution in [0.3, 0.4) is 0 Å². The average Bonchev–Trinajstić information content (AvgIpc) is 3.41. The summed E-state index contributed by atoms with van der Waals surface area (Å²) in [4.78, 5) is 13.1. The van der Waals surface area contributed by atoms with E-state index in [2.05, 4.69) is 67.8 Å². The summed E-state index contributed by atoms with van der Waals surface area (Å²) in [6, 6.07) is -0.830. The molecular formula is C66H121NO8. The molecule has 9 nitrogen and oxygen atoms in total. The van der Waals surface area contributed by atoms with Crippen LogP contribution in [0.1, 0.15) is 296 Å². The van der Waals surface area contributed by atoms with Gasteiger partial charge in [0.05, 0.1) is 25.4 Å². The van der Waals surface area contributed by atoms with Crippen LogP contribution in [0.25, 0.3) is 0 Å². The van der Waals surface area contributed by atoms with Gasteiger partial charge in [0.25, 0.3) is 0 Å². The van der Waals surface area contributed by atoms with Crippen LogP contribution in [-0.4, -0.2) is 87.5 Å². The quantitative estimate of drug-likeness (QED) is 0.0261. The van der Waals surface area contributed by atoms with Crippen molar-refractivity contribution >= 4 is 5.91 Å². The zero-order valence-corrected chi connectivity index (χ0v) is 48.8. The predicted molar refractivity (Wildman–Crippen MR) is 318 cm³/mol. The zero-order chi connectivity index (χ0) is 54.3. The molecule has 0 radical (unpaired) electrons. The van der Waals surface area contributed by atoms with Gasteiger partial charge in [-0.1, -0.05) is 274 Å². The molecule has 0 bridgehead atoms. The summed E-state index contributed by atoms with van der Waals surface area (Å²) in [6.07, 6.45) is 68.8. The second-order valence-electron chi connectivity index (χ2n) is 22.2. The van der Waals surface area contributed by atoms with Crippen molar-refractivity contribution in [1.29, 1.82) is 0 Å². The molecule has 1 amide bonds. The first-order chi connectivity index (χ1) is 36.8. The molecule has 0 aromatic carbocycles. The van der Waals surface area contributed by atoms with E-state index in [4.69, 9.17) is 9.47 Å². The van der Waals surface area contributed by atoms with Crippen molar-refractivity contribution in [3.05, 3.63) is 60.8 Å². The topological polar surface area (TPSA) is 149 Å². The first kappa shape index (κ1) is 70.9. The van der Waals surface area contributed by atoms with Gasteiger partial charge in [-0.05, 0) is 77.0 Å². The predicted octanol–water partition coefficient (Wildman–Crippen LogP) is 16.6. The summed E-state index contributed by atoms with van der Waals surface area (Å²) in [5.41, 5.74) is 0. The molecule has 1 saturated heterocycles. The van der Waals surface area contributed by atoms with Gasteiger partial charge in [-0.15, -0.1) is 0 Å². The highest BCUT2D eigenvalue weighted by atomic mass is 16.7. The van der Waals surface area contributed by atoms with Crippen LogP contribution in [0.4, 0.5) is 0 Å². The van der Waals surface area contributed by atoms with E-state index in [9.17, 15) is 30.3 Å². The van der Waals surface area contributed by atoms with Gasteiger partial charge in [0.1, 0.15) is 24.4 Å². The third-order valence-electron chi connectivity index (χ3n) is 15.0. The maximum atomic E-state index is 13.1. The molecule has 0 aromatic rings. The van der Waals surface area contributed by atoms with Crippen LogP contribution in [0.15, 0.2) is 60.8 Å². The number of hydrogen-bond acceptors (Lipinski definition) is 8. The van der Waals surface area contributed by atoms with Crippen molar-refractivity contribution in [3.63, 3.8) is 0 Å². The Morgan fingerprint density at radius 3 is 1.20 bits per heavy atom. The van der Waals surface area contributed by atoms with Crippen LogP contribution in [0, 0.1) is 0 Å². The van der Waals surface area contributed by atoms with E-state index >= 15 is 0 Å². The fraction of sp³-hybridized carbons (Fsp3) is 0.833. The Bertz CT molecular complexity index is 1360. The van der Waals surface area contributed by atoms with E-state index in [-0.39, 0.29) is 12.5 Å². The van der Waals surface area contributed by atoms with Crippen molar-refractivity contribution in [2.75, 3.05) is 13.2 Å². The smallest absolute Gasteiger partial charge is 0.220 e. The van der Waals surface area contributed by atoms with Gasteiger partial charge < -0.3 is 40.3 Å². The fourth-order valence-corrected chi connectivity index (χ4v) is 9.99. The number of hydrogen-bond donors (Lipinski definition) is 6. The Hall–Kier alpha value is -2.11. The van der Waals surface area contributed by atoms with E-state index in [0.717, 1.165) is 51.4 Å². The SMILES string of the molecule is CCCCCCC/C=C\C/C=C\CCCCCCCCCCCCCCCCCCCC(=O)NC(COC1OC(CO)C(O)C(O)C1O)C(O)/C=C/CC/C=C/CC/C=C/CCCCCCCCCCCCCCC. The van der Waals surface area contributed by atoms with Crippen molar-refractivity contribution in [3.8, 4) is 0 Å². The Labute approximate surface area is 462 Å². The number of aliphatic hydroxyl groups is 5. The lowest BCUT2D eigenvalue weighted by Crippen LogP contribution is -2.60. The van der Waals surface area contributed by atoms with Gasteiger partial charge >= 0.3 is 0 Å². The number of aliphatic hydroxyl groups excluding tert-OH is 5. The summed E-state index contributed by atoms with van der Waals surface area (Å²) in [5.74, 6) is -0.188. The van der Waals surface area contributed by atoms with Crippen LogP contribution >= 0.6 is 0 Å². The number of allylic oxidation sites excluding steroid dienone is 9. The lowest BCUT2D eigenvalue weighted by molar-refractivity contribution is -0.302. The molecule has 1 rings (SSSR count). The molecule has 7 unspecified atom stereocenters. The maximum Gasteiger partial charge on any atom is 0.220 e. The Morgan fingerprint density at radius 2 is 0.800 bits per heavy atom. The molecule has 1 heterocycles. The summed E-state index contributed by atoms with van der Waals surface area (Å²) in [5, 5.41) is 54.6. The monoisotopic (exact) mass is 1060 g/mol. The average molecular weight is 1060 g/mol. The minimum atomic E-state index is -1.58. The highest BCUT2D eigenvalue weighted by Crippen LogP contribution is 2.23. The van der Waals surface area contributed by atoms with Gasteiger partial charge in [-0.2, -0.15) is 0 Å². The Balaban J connectivity index is 2.20. The van der Waals surface area contributed by atoms with Crippen LogP contribution in [0.2, 0.25) is 0 Å². The molecule has 9 heteroatoms. The number of unbranched alkanes of at least 4 members (excludes halogenated alkanes) is 37. The highest BCUT2D eigenvalue weighted by molar-refractivity contribution is 5.76. The van der Waals surface area contributed by atoms with E-state index < -0.39 is 49.5 Å². The Kier molecular flexibility index (Phi) is 52.2. The minimum Gasteiger partial charge on any atom is -0.394 e. The second-order valence-corrected chi connectivity index (χ2v) is 22.2. The third-order valence-corrected chi connectivity index (χ3v) is 15.0. The van der Waals surface area contributed by atoms with E-state index in [1.54, 1.807) is 6.08 Å². The van der Waals surface area contributed by atoms with Crippen molar-refractivity contribution in [2.24, 2.45) is 0 Å². The first-order valence-electron chi connectivity index (χ1n) is 32.0. The number of carbonyl (C=O) groups excluding carboxylic acids is 1. The van der Waals surface area contributed by atoms with Gasteiger partial charge in [-0.25, -0.2) is 0 Å². The van der Waals surface area contributed by atoms with E-state index in [0.29, 0.717) is 6.42 Å². The molecular weight excluding hydrogens is 935 g/mol. The van der Waals surface area contributed by atoms with Crippen molar-refractivity contribution in [1.82, 2.24) is 5.32 Å². The molecule has 6 N–H and O–H groups in total. The summed E-state index contributed by atoms with van der Waals surface area (Å²) in [7, 11) is 0. The Morgan fingerprint density at radius 1 is 0.453 bits per heavy atom. The molecule has 1 aliphatic rings. The fourth-order valence-electron chi connectivity index (χ4n) is 9.99. The van der Waals surface area contributed by atoms with Crippen LogP contribution in [-0.2, 0) is 14.3 Å². The molecule has 1 fully saturated rings. The maximum absolute atomic E-state index is 13.1. The molecule has 438 valence electrons. The van der Waals surface area contributed by atoms with Crippen molar-refractivity contribution in [2.45, 2.75) is 339 Å². The summed E-state index contributed by atoms with van der Waals surface area (Å²) < 4.78 is 11.3. The summed E-state index contributed by atoms with van der Waals surface area (Å²) in [6.45, 7) is 3.78. The zero-order valence-electron chi connectivity index (χ0n) is 48.8. The number of carbonyl (C=O) groups is 1. The molecule has 75 heavy (non-hydrogen) atoms. The lowest BCUT2D eigenvalue weighted by Gasteiger charge is -2.40. The molecule has 7 atom stereocenters. The number of ether oxygens (including phenoxy) is 2. The van der Waals surface area contributed by atoms with Gasteiger partial charge in [0, 0.05) is 6.42 Å². The lowest BCUT2D eigenvalue weighted by atomic mass is 9.99. The van der Waals surface area contributed by atoms with E-state index in [1.807, 2.05) is 6.08 Å². The first-order valence-corrected chi connectivity index (χ1v) is 32.0.